The number of halogens is 2. The number of para-hydroxylation sites is 1. The highest BCUT2D eigenvalue weighted by Crippen LogP contribution is 2.35. The molecule has 0 saturated carbocycles. The molecule has 0 atom stereocenters. The lowest BCUT2D eigenvalue weighted by Crippen LogP contribution is -2.54. The fraction of sp³-hybridized carbons (Fsp3) is 0.105. The number of nitrogens with zero attached hydrogens (tertiary/aromatic N) is 1. The summed E-state index contributed by atoms with van der Waals surface area (Å²) in [4.78, 5) is 26.5. The van der Waals surface area contributed by atoms with Crippen LogP contribution < -0.4 is 15.0 Å². The molecule has 0 spiro atoms. The minimum Gasteiger partial charge on any atom is -0.491 e. The molecule has 1 fully saturated rings. The minimum atomic E-state index is -0.585. The molecule has 27 heavy (non-hydrogen) atoms. The van der Waals surface area contributed by atoms with Crippen molar-refractivity contribution in [1.29, 1.82) is 0 Å². The quantitative estimate of drug-likeness (QED) is 0.456. The van der Waals surface area contributed by atoms with Crippen LogP contribution >= 0.6 is 35.4 Å². The molecule has 0 radical (unpaired) electrons. The van der Waals surface area contributed by atoms with Crippen molar-refractivity contribution in [2.24, 2.45) is 0 Å². The van der Waals surface area contributed by atoms with Crippen LogP contribution in [0.5, 0.6) is 5.75 Å². The third-order valence-electron chi connectivity index (χ3n) is 3.74. The fourth-order valence-electron chi connectivity index (χ4n) is 2.58. The van der Waals surface area contributed by atoms with Crippen LogP contribution in [0.1, 0.15) is 12.5 Å². The maximum Gasteiger partial charge on any atom is 0.270 e. The summed E-state index contributed by atoms with van der Waals surface area (Å²) in [6, 6.07) is 12.0. The molecule has 0 unspecified atom stereocenters. The SMILES string of the molecule is CCOc1c(Cl)cc(/C=C2/C(=O)NC(=S)N(c3ccccc3)C2=O)cc1Cl. The van der Waals surface area contributed by atoms with Gasteiger partial charge >= 0.3 is 0 Å². The Hall–Kier alpha value is -2.41. The van der Waals surface area contributed by atoms with Gasteiger partial charge in [0.1, 0.15) is 5.57 Å². The molecule has 0 bridgehead atoms. The van der Waals surface area contributed by atoms with E-state index in [-0.39, 0.29) is 20.7 Å². The van der Waals surface area contributed by atoms with Crippen molar-refractivity contribution in [1.82, 2.24) is 5.32 Å². The van der Waals surface area contributed by atoms with Crippen LogP contribution in [0.3, 0.4) is 0 Å². The molecule has 1 saturated heterocycles. The molecule has 1 aliphatic heterocycles. The second kappa shape index (κ2) is 8.08. The van der Waals surface area contributed by atoms with Gasteiger partial charge in [0.25, 0.3) is 11.8 Å². The van der Waals surface area contributed by atoms with Crippen LogP contribution in [0.4, 0.5) is 5.69 Å². The van der Waals surface area contributed by atoms with Crippen molar-refractivity contribution in [3.8, 4) is 5.75 Å². The number of hydrogen-bond acceptors (Lipinski definition) is 4. The molecule has 5 nitrogen and oxygen atoms in total. The van der Waals surface area contributed by atoms with Crippen LogP contribution in [0.2, 0.25) is 10.0 Å². The summed E-state index contributed by atoms with van der Waals surface area (Å²) in [6.07, 6.45) is 1.42. The molecule has 2 amide bonds. The van der Waals surface area contributed by atoms with E-state index in [1.807, 2.05) is 13.0 Å². The van der Waals surface area contributed by atoms with Crippen LogP contribution in [-0.4, -0.2) is 23.5 Å². The Bertz CT molecular complexity index is 938. The molecule has 1 N–H and O–H groups in total. The largest absolute Gasteiger partial charge is 0.491 e. The van der Waals surface area contributed by atoms with E-state index in [0.29, 0.717) is 23.6 Å². The fourth-order valence-corrected chi connectivity index (χ4v) is 3.47. The summed E-state index contributed by atoms with van der Waals surface area (Å²) in [6.45, 7) is 2.22. The topological polar surface area (TPSA) is 58.6 Å². The lowest BCUT2D eigenvalue weighted by Gasteiger charge is -2.28. The molecule has 1 heterocycles. The molecule has 2 aromatic rings. The number of anilines is 1. The Morgan fingerprint density at radius 2 is 1.78 bits per heavy atom. The van der Waals surface area contributed by atoms with Gasteiger partial charge in [0.15, 0.2) is 10.9 Å². The smallest absolute Gasteiger partial charge is 0.270 e. The van der Waals surface area contributed by atoms with Crippen molar-refractivity contribution < 1.29 is 14.3 Å². The maximum absolute atomic E-state index is 12.9. The number of nitrogens with one attached hydrogen (secondary N) is 1. The van der Waals surface area contributed by atoms with Crippen molar-refractivity contribution in [3.63, 3.8) is 0 Å². The molecular formula is C19H14Cl2N2O3S. The van der Waals surface area contributed by atoms with Crippen LogP contribution in [0.25, 0.3) is 6.08 Å². The van der Waals surface area contributed by atoms with Gasteiger partial charge in [-0.25, -0.2) is 0 Å². The first-order chi connectivity index (χ1) is 12.9. The predicted molar refractivity (Wildman–Crippen MR) is 110 cm³/mol. The van der Waals surface area contributed by atoms with E-state index >= 15 is 0 Å². The molecule has 0 aliphatic carbocycles. The summed E-state index contributed by atoms with van der Waals surface area (Å²) < 4.78 is 5.39. The van der Waals surface area contributed by atoms with Gasteiger partial charge in [0.05, 0.1) is 22.3 Å². The molecule has 8 heteroatoms. The van der Waals surface area contributed by atoms with Crippen molar-refractivity contribution in [2.45, 2.75) is 6.92 Å². The third-order valence-corrected chi connectivity index (χ3v) is 4.58. The molecule has 0 aromatic heterocycles. The van der Waals surface area contributed by atoms with Crippen LogP contribution in [-0.2, 0) is 9.59 Å². The van der Waals surface area contributed by atoms with E-state index in [0.717, 1.165) is 0 Å². The number of amides is 2. The van der Waals surface area contributed by atoms with E-state index in [4.69, 9.17) is 40.2 Å². The van der Waals surface area contributed by atoms with E-state index < -0.39 is 11.8 Å². The lowest BCUT2D eigenvalue weighted by atomic mass is 10.1. The second-order valence-corrected chi connectivity index (χ2v) is 6.74. The summed E-state index contributed by atoms with van der Waals surface area (Å²) in [5.41, 5.74) is 0.970. The zero-order valence-electron chi connectivity index (χ0n) is 14.2. The summed E-state index contributed by atoms with van der Waals surface area (Å²) >= 11 is 17.5. The minimum absolute atomic E-state index is 0.0242. The highest BCUT2D eigenvalue weighted by molar-refractivity contribution is 7.80. The number of thiocarbonyl (C=S) groups is 1. The Kier molecular flexibility index (Phi) is 5.79. The van der Waals surface area contributed by atoms with Gasteiger partial charge in [-0.2, -0.15) is 0 Å². The summed E-state index contributed by atoms with van der Waals surface area (Å²) in [5.74, 6) is -0.760. The maximum atomic E-state index is 12.9. The normalized spacial score (nSPS) is 15.9. The zero-order valence-corrected chi connectivity index (χ0v) is 16.5. The molecule has 2 aromatic carbocycles. The number of rotatable bonds is 4. The van der Waals surface area contributed by atoms with Gasteiger partial charge in [0.2, 0.25) is 0 Å². The Labute approximate surface area is 171 Å². The zero-order chi connectivity index (χ0) is 19.6. The Balaban J connectivity index is 2.01. The molecule has 1 aliphatic rings. The Morgan fingerprint density at radius 1 is 1.15 bits per heavy atom. The van der Waals surface area contributed by atoms with E-state index in [1.54, 1.807) is 36.4 Å². The average Bonchev–Trinajstić information content (AvgIpc) is 2.62. The van der Waals surface area contributed by atoms with Gasteiger partial charge < -0.3 is 4.74 Å². The molecular weight excluding hydrogens is 407 g/mol. The number of carbonyl (C=O) groups is 2. The third kappa shape index (κ3) is 3.98. The van der Waals surface area contributed by atoms with Gasteiger partial charge in [-0.15, -0.1) is 0 Å². The number of ether oxygens (including phenoxy) is 1. The highest BCUT2D eigenvalue weighted by Gasteiger charge is 2.34. The number of hydrogen-bond donors (Lipinski definition) is 1. The standard InChI is InChI=1S/C19H14Cl2N2O3S/c1-2-26-16-14(20)9-11(10-15(16)21)8-13-17(24)22-19(27)23(18(13)25)12-6-4-3-5-7-12/h3-10H,2H2,1H3,(H,22,24,27)/b13-8-. The van der Waals surface area contributed by atoms with E-state index in [2.05, 4.69) is 5.32 Å². The molecule has 138 valence electrons. The monoisotopic (exact) mass is 420 g/mol. The first-order valence-corrected chi connectivity index (χ1v) is 9.17. The highest BCUT2D eigenvalue weighted by atomic mass is 35.5. The summed E-state index contributed by atoms with van der Waals surface area (Å²) in [5, 5.41) is 3.13. The van der Waals surface area contributed by atoms with Crippen molar-refractivity contribution in [3.05, 3.63) is 63.6 Å². The Morgan fingerprint density at radius 3 is 2.37 bits per heavy atom. The summed E-state index contributed by atoms with van der Waals surface area (Å²) in [7, 11) is 0. The first kappa shape index (κ1) is 19.4. The van der Waals surface area contributed by atoms with Gasteiger partial charge in [-0.3, -0.25) is 19.8 Å². The predicted octanol–water partition coefficient (Wildman–Crippen LogP) is 4.22. The van der Waals surface area contributed by atoms with Crippen LogP contribution in [0, 0.1) is 0 Å². The van der Waals surface area contributed by atoms with E-state index in [9.17, 15) is 9.59 Å². The van der Waals surface area contributed by atoms with Gasteiger partial charge in [0, 0.05) is 0 Å². The first-order valence-electron chi connectivity index (χ1n) is 8.00. The average molecular weight is 421 g/mol. The van der Waals surface area contributed by atoms with Crippen molar-refractivity contribution >= 4 is 64.1 Å². The van der Waals surface area contributed by atoms with Crippen LogP contribution in [0.15, 0.2) is 48.0 Å². The number of benzene rings is 2. The van der Waals surface area contributed by atoms with E-state index in [1.165, 1.54) is 11.0 Å². The lowest BCUT2D eigenvalue weighted by molar-refractivity contribution is -0.122. The number of carbonyl (C=O) groups excluding carboxylic acids is 2. The van der Waals surface area contributed by atoms with Gasteiger partial charge in [-0.05, 0) is 55.0 Å². The van der Waals surface area contributed by atoms with Gasteiger partial charge in [-0.1, -0.05) is 41.4 Å². The van der Waals surface area contributed by atoms with Crippen molar-refractivity contribution in [2.75, 3.05) is 11.5 Å². The second-order valence-electron chi connectivity index (χ2n) is 5.54. The molecule has 3 rings (SSSR count).